The second-order valence-corrected chi connectivity index (χ2v) is 8.12. The molecule has 1 amide bonds. The molecule has 164 valence electrons. The molecule has 0 aliphatic carbocycles. The Balaban J connectivity index is 0.000000960. The van der Waals surface area contributed by atoms with Crippen LogP contribution in [-0.4, -0.2) is 66.9 Å². The van der Waals surface area contributed by atoms with E-state index >= 15 is 0 Å². The van der Waals surface area contributed by atoms with Gasteiger partial charge in [-0.3, -0.25) is 10.1 Å². The van der Waals surface area contributed by atoms with E-state index in [0.717, 1.165) is 25.9 Å². The summed E-state index contributed by atoms with van der Waals surface area (Å²) in [5, 5.41) is 25.4. The molecule has 1 fully saturated rings. The molecule has 2 heterocycles. The van der Waals surface area contributed by atoms with E-state index < -0.39 is 6.09 Å². The molecule has 11 heteroatoms. The number of piperidine rings is 1. The zero-order chi connectivity index (χ0) is 22.4. The topological polar surface area (TPSA) is 150 Å². The molecule has 1 atom stereocenters. The van der Waals surface area contributed by atoms with Crippen molar-refractivity contribution in [1.29, 1.82) is 0 Å². The van der Waals surface area contributed by atoms with Crippen LogP contribution >= 0.6 is 0 Å². The molecular weight excluding hydrogens is 378 g/mol. The standard InChI is InChI=1S/C17H30N6O2.CH3NO2/c1-17(2,3)20-12-8-7-9-22(11-12)13-10-14(21(5)6)19-16(18-4)15(13)23(24)25;2-1(3)4/h10,12,20H,7-9,11H2,1-6H3,(H,18,19);2H2,(H,3,4). The first kappa shape index (κ1) is 24.2. The molecule has 11 nitrogen and oxygen atoms in total. The maximum atomic E-state index is 11.7. The summed E-state index contributed by atoms with van der Waals surface area (Å²) in [5.74, 6) is 1.01. The second-order valence-electron chi connectivity index (χ2n) is 8.12. The van der Waals surface area contributed by atoms with Gasteiger partial charge >= 0.3 is 11.8 Å². The summed E-state index contributed by atoms with van der Waals surface area (Å²) >= 11 is 0. The molecule has 1 saturated heterocycles. The van der Waals surface area contributed by atoms with Gasteiger partial charge in [0.1, 0.15) is 11.5 Å². The zero-order valence-electron chi connectivity index (χ0n) is 18.0. The van der Waals surface area contributed by atoms with Crippen molar-refractivity contribution in [3.8, 4) is 0 Å². The van der Waals surface area contributed by atoms with E-state index in [1.165, 1.54) is 0 Å². The third kappa shape index (κ3) is 7.60. The van der Waals surface area contributed by atoms with Crippen molar-refractivity contribution in [2.45, 2.75) is 45.2 Å². The lowest BCUT2D eigenvalue weighted by Crippen LogP contribution is -2.52. The maximum Gasteiger partial charge on any atom is 0.402 e. The number of carboxylic acid groups (broad SMARTS) is 1. The van der Waals surface area contributed by atoms with Gasteiger partial charge in [-0.05, 0) is 33.6 Å². The van der Waals surface area contributed by atoms with Gasteiger partial charge in [0.25, 0.3) is 0 Å². The molecule has 0 saturated carbocycles. The summed E-state index contributed by atoms with van der Waals surface area (Å²) in [7, 11) is 5.44. The van der Waals surface area contributed by atoms with Crippen LogP contribution < -0.4 is 26.2 Å². The van der Waals surface area contributed by atoms with Crippen molar-refractivity contribution in [3.05, 3.63) is 16.2 Å². The minimum atomic E-state index is -1.33. The molecule has 1 unspecified atom stereocenters. The Morgan fingerprint density at radius 3 is 2.48 bits per heavy atom. The fraction of sp³-hybridized carbons (Fsp3) is 0.667. The number of pyridine rings is 1. The average molecular weight is 412 g/mol. The number of carbonyl (C=O) groups is 1. The fourth-order valence-electron chi connectivity index (χ4n) is 3.26. The number of nitrogens with two attached hydrogens (primary N) is 1. The van der Waals surface area contributed by atoms with Crippen LogP contribution in [-0.2, 0) is 0 Å². The van der Waals surface area contributed by atoms with Crippen molar-refractivity contribution in [3.63, 3.8) is 0 Å². The van der Waals surface area contributed by atoms with Crippen LogP contribution in [0.15, 0.2) is 6.07 Å². The lowest BCUT2D eigenvalue weighted by atomic mass is 10.00. The van der Waals surface area contributed by atoms with E-state index in [4.69, 9.17) is 9.90 Å². The van der Waals surface area contributed by atoms with Crippen molar-refractivity contribution >= 4 is 29.1 Å². The molecular formula is C18H33N7O4. The Morgan fingerprint density at radius 2 is 2.03 bits per heavy atom. The van der Waals surface area contributed by atoms with Crippen LogP contribution in [0.2, 0.25) is 0 Å². The molecule has 0 aromatic carbocycles. The number of anilines is 3. The highest BCUT2D eigenvalue weighted by Crippen LogP contribution is 2.38. The van der Waals surface area contributed by atoms with Gasteiger partial charge in [0.2, 0.25) is 5.82 Å². The first-order chi connectivity index (χ1) is 13.4. The highest BCUT2D eigenvalue weighted by Gasteiger charge is 2.31. The number of aromatic nitrogens is 1. The van der Waals surface area contributed by atoms with Crippen LogP contribution in [0.3, 0.4) is 0 Å². The fourth-order valence-corrected chi connectivity index (χ4v) is 3.26. The number of rotatable bonds is 5. The number of hydrogen-bond donors (Lipinski definition) is 4. The van der Waals surface area contributed by atoms with Gasteiger partial charge in [-0.1, -0.05) is 0 Å². The molecule has 1 aromatic rings. The minimum absolute atomic E-state index is 0.0167. The monoisotopic (exact) mass is 411 g/mol. The molecule has 1 aromatic heterocycles. The normalized spacial score (nSPS) is 16.5. The molecule has 29 heavy (non-hydrogen) atoms. The van der Waals surface area contributed by atoms with Gasteiger partial charge in [-0.15, -0.1) is 0 Å². The predicted octanol–water partition coefficient (Wildman–Crippen LogP) is 2.08. The third-order valence-electron chi connectivity index (χ3n) is 4.24. The molecule has 0 radical (unpaired) electrons. The largest absolute Gasteiger partial charge is 0.465 e. The molecule has 1 aliphatic rings. The van der Waals surface area contributed by atoms with Gasteiger partial charge in [0.15, 0.2) is 0 Å². The van der Waals surface area contributed by atoms with E-state index in [1.54, 1.807) is 7.05 Å². The highest BCUT2D eigenvalue weighted by molar-refractivity contribution is 5.78. The lowest BCUT2D eigenvalue weighted by molar-refractivity contribution is -0.383. The van der Waals surface area contributed by atoms with Crippen LogP contribution in [0.1, 0.15) is 33.6 Å². The highest BCUT2D eigenvalue weighted by atomic mass is 16.6. The van der Waals surface area contributed by atoms with E-state index in [9.17, 15) is 10.1 Å². The summed E-state index contributed by atoms with van der Waals surface area (Å²) < 4.78 is 0. The van der Waals surface area contributed by atoms with Gasteiger partial charge < -0.3 is 31.3 Å². The zero-order valence-corrected chi connectivity index (χ0v) is 18.0. The van der Waals surface area contributed by atoms with E-state index in [0.29, 0.717) is 23.4 Å². The summed E-state index contributed by atoms with van der Waals surface area (Å²) in [5.41, 5.74) is 4.72. The second kappa shape index (κ2) is 10.1. The Morgan fingerprint density at radius 1 is 1.45 bits per heavy atom. The Kier molecular flexibility index (Phi) is 8.43. The van der Waals surface area contributed by atoms with Crippen molar-refractivity contribution < 1.29 is 14.8 Å². The van der Waals surface area contributed by atoms with E-state index in [2.05, 4.69) is 47.0 Å². The number of nitrogens with one attached hydrogen (secondary N) is 2. The number of nitro groups is 1. The van der Waals surface area contributed by atoms with Crippen molar-refractivity contribution in [2.75, 3.05) is 49.3 Å². The third-order valence-corrected chi connectivity index (χ3v) is 4.24. The van der Waals surface area contributed by atoms with Crippen LogP contribution in [0.25, 0.3) is 0 Å². The molecule has 0 bridgehead atoms. The molecule has 0 spiro atoms. The van der Waals surface area contributed by atoms with E-state index in [-0.39, 0.29) is 16.1 Å². The van der Waals surface area contributed by atoms with Crippen LogP contribution in [0.5, 0.6) is 0 Å². The summed E-state index contributed by atoms with van der Waals surface area (Å²) in [4.78, 5) is 28.5. The van der Waals surface area contributed by atoms with Gasteiger partial charge in [0, 0.05) is 51.9 Å². The average Bonchev–Trinajstić information content (AvgIpc) is 2.58. The van der Waals surface area contributed by atoms with Gasteiger partial charge in [-0.2, -0.15) is 0 Å². The summed E-state index contributed by atoms with van der Waals surface area (Å²) in [6.07, 6.45) is 0.742. The molecule has 5 N–H and O–H groups in total. The molecule has 2 rings (SSSR count). The molecule has 1 aliphatic heterocycles. The van der Waals surface area contributed by atoms with Crippen LogP contribution in [0.4, 0.5) is 27.8 Å². The summed E-state index contributed by atoms with van der Waals surface area (Å²) in [6.45, 7) is 7.99. The van der Waals surface area contributed by atoms with Crippen molar-refractivity contribution in [2.24, 2.45) is 5.73 Å². The number of hydrogen-bond acceptors (Lipinski definition) is 8. The quantitative estimate of drug-likeness (QED) is 0.422. The van der Waals surface area contributed by atoms with E-state index in [1.807, 2.05) is 25.1 Å². The smallest absolute Gasteiger partial charge is 0.402 e. The lowest BCUT2D eigenvalue weighted by Gasteiger charge is -2.38. The first-order valence-electron chi connectivity index (χ1n) is 9.41. The Bertz CT molecular complexity index is 715. The summed E-state index contributed by atoms with van der Waals surface area (Å²) in [6, 6.07) is 2.13. The number of nitrogens with zero attached hydrogens (tertiary/aromatic N) is 4. The Labute approximate surface area is 171 Å². The number of primary amides is 1. The SMILES string of the molecule is CNc1nc(N(C)C)cc(N2CCCC(NC(C)(C)C)C2)c1[N+](=O)[O-].NC(=O)O. The van der Waals surface area contributed by atoms with Gasteiger partial charge in [-0.25, -0.2) is 9.78 Å². The minimum Gasteiger partial charge on any atom is -0.465 e. The number of amides is 1. The maximum absolute atomic E-state index is 11.7. The predicted molar refractivity (Wildman–Crippen MR) is 115 cm³/mol. The van der Waals surface area contributed by atoms with Crippen LogP contribution in [0, 0.1) is 10.1 Å². The first-order valence-corrected chi connectivity index (χ1v) is 9.41. The van der Waals surface area contributed by atoms with Crippen molar-refractivity contribution in [1.82, 2.24) is 10.3 Å². The van der Waals surface area contributed by atoms with Gasteiger partial charge in [0.05, 0.1) is 4.92 Å². The Hall–Kier alpha value is -2.82.